The normalized spacial score (nSPS) is 27.3. The zero-order valence-electron chi connectivity index (χ0n) is 13.9. The van der Waals surface area contributed by atoms with Gasteiger partial charge in [0.15, 0.2) is 6.29 Å². The highest BCUT2D eigenvalue weighted by molar-refractivity contribution is 6.31. The highest BCUT2D eigenvalue weighted by Gasteiger charge is 2.51. The molecule has 2 rings (SSSR count). The lowest BCUT2D eigenvalue weighted by molar-refractivity contribution is -0.277. The molecule has 0 radical (unpaired) electrons. The number of aliphatic hydroxyl groups excluding tert-OH is 1. The van der Waals surface area contributed by atoms with Crippen molar-refractivity contribution >= 4 is 17.6 Å². The third-order valence-corrected chi connectivity index (χ3v) is 4.54. The van der Waals surface area contributed by atoms with Gasteiger partial charge in [-0.3, -0.25) is 4.79 Å². The largest absolute Gasteiger partial charge is 0.468 e. The van der Waals surface area contributed by atoms with Gasteiger partial charge in [-0.15, -0.1) is 0 Å². The molecule has 1 fully saturated rings. The maximum Gasteiger partial charge on any atom is 0.317 e. The molecule has 1 aliphatic heterocycles. The van der Waals surface area contributed by atoms with Gasteiger partial charge in [-0.1, -0.05) is 48.9 Å². The van der Waals surface area contributed by atoms with Crippen molar-refractivity contribution in [3.8, 4) is 0 Å². The van der Waals surface area contributed by atoms with Gasteiger partial charge in [0, 0.05) is 10.6 Å². The van der Waals surface area contributed by atoms with Gasteiger partial charge in [-0.2, -0.15) is 0 Å². The molecule has 132 valence electrons. The van der Waals surface area contributed by atoms with E-state index in [2.05, 4.69) is 0 Å². The van der Waals surface area contributed by atoms with E-state index in [0.29, 0.717) is 17.0 Å². The Kier molecular flexibility index (Phi) is 6.80. The number of esters is 1. The van der Waals surface area contributed by atoms with Gasteiger partial charge >= 0.3 is 5.97 Å². The van der Waals surface area contributed by atoms with Crippen molar-refractivity contribution in [2.24, 2.45) is 5.41 Å². The van der Waals surface area contributed by atoms with Gasteiger partial charge in [0.1, 0.15) is 11.5 Å². The summed E-state index contributed by atoms with van der Waals surface area (Å²) in [7, 11) is 1.32. The zero-order chi connectivity index (χ0) is 17.6. The van der Waals surface area contributed by atoms with Crippen LogP contribution in [0.2, 0.25) is 5.02 Å². The molecular formula is C18H23ClO5. The number of aliphatic hydroxyl groups is 1. The van der Waals surface area contributed by atoms with Crippen LogP contribution in [-0.4, -0.2) is 37.5 Å². The number of carbonyl (C=O) groups excluding carboxylic acids is 1. The van der Waals surface area contributed by atoms with Crippen molar-refractivity contribution in [1.82, 2.24) is 0 Å². The SMILES string of the molecule is CCC=CCC1(C(=O)OC)COC(c2ccccc2Cl)OC1CO. The van der Waals surface area contributed by atoms with E-state index in [0.717, 1.165) is 6.42 Å². The van der Waals surface area contributed by atoms with Crippen LogP contribution in [0.25, 0.3) is 0 Å². The van der Waals surface area contributed by atoms with E-state index in [4.69, 9.17) is 25.8 Å². The van der Waals surface area contributed by atoms with Crippen molar-refractivity contribution in [1.29, 1.82) is 0 Å². The lowest BCUT2D eigenvalue weighted by atomic mass is 9.78. The molecule has 3 atom stereocenters. The summed E-state index contributed by atoms with van der Waals surface area (Å²) in [5.74, 6) is -0.458. The van der Waals surface area contributed by atoms with E-state index in [1.165, 1.54) is 7.11 Å². The van der Waals surface area contributed by atoms with Crippen LogP contribution in [0.5, 0.6) is 0 Å². The lowest BCUT2D eigenvalue weighted by Crippen LogP contribution is -2.53. The first-order chi connectivity index (χ1) is 11.6. The Balaban J connectivity index is 2.27. The topological polar surface area (TPSA) is 65.0 Å². The van der Waals surface area contributed by atoms with E-state index in [9.17, 15) is 9.90 Å². The highest BCUT2D eigenvalue weighted by atomic mass is 35.5. The Labute approximate surface area is 147 Å². The summed E-state index contributed by atoms with van der Waals surface area (Å²) >= 11 is 6.19. The van der Waals surface area contributed by atoms with Crippen molar-refractivity contribution in [3.05, 3.63) is 47.0 Å². The number of halogens is 1. The fourth-order valence-electron chi connectivity index (χ4n) is 2.81. The first-order valence-electron chi connectivity index (χ1n) is 7.94. The first-order valence-corrected chi connectivity index (χ1v) is 8.32. The summed E-state index contributed by atoms with van der Waals surface area (Å²) in [6.07, 6.45) is 3.59. The number of hydrogen-bond acceptors (Lipinski definition) is 5. The minimum absolute atomic E-state index is 0.0782. The smallest absolute Gasteiger partial charge is 0.317 e. The molecule has 1 aromatic rings. The van der Waals surface area contributed by atoms with Crippen LogP contribution in [0.1, 0.15) is 31.6 Å². The van der Waals surface area contributed by atoms with Gasteiger partial charge in [0.05, 0.1) is 20.3 Å². The van der Waals surface area contributed by atoms with Gasteiger partial charge in [-0.05, 0) is 18.9 Å². The Morgan fingerprint density at radius 2 is 2.21 bits per heavy atom. The Morgan fingerprint density at radius 3 is 2.83 bits per heavy atom. The predicted octanol–water partition coefficient (Wildman–Crippen LogP) is 3.26. The summed E-state index contributed by atoms with van der Waals surface area (Å²) in [5.41, 5.74) is -0.410. The minimum atomic E-state index is -1.08. The van der Waals surface area contributed by atoms with E-state index >= 15 is 0 Å². The number of benzene rings is 1. The van der Waals surface area contributed by atoms with Crippen LogP contribution >= 0.6 is 11.6 Å². The standard InChI is InChI=1S/C18H23ClO5/c1-3-4-7-10-18(17(21)22-2)12-23-16(24-15(18)11-20)13-8-5-6-9-14(13)19/h4-9,15-16,20H,3,10-12H2,1-2H3. The molecule has 1 aliphatic rings. The molecule has 1 aromatic carbocycles. The number of allylic oxidation sites excluding steroid dienone is 2. The third kappa shape index (κ3) is 3.81. The fourth-order valence-corrected chi connectivity index (χ4v) is 3.04. The molecule has 0 aromatic heterocycles. The molecule has 1 heterocycles. The van der Waals surface area contributed by atoms with Crippen LogP contribution in [0, 0.1) is 5.41 Å². The van der Waals surface area contributed by atoms with Crippen molar-refractivity contribution in [3.63, 3.8) is 0 Å². The average molecular weight is 355 g/mol. The summed E-state index contributed by atoms with van der Waals surface area (Å²) in [4.78, 5) is 12.4. The summed E-state index contributed by atoms with van der Waals surface area (Å²) in [6, 6.07) is 7.17. The van der Waals surface area contributed by atoms with Crippen molar-refractivity contribution in [2.75, 3.05) is 20.3 Å². The molecule has 0 aliphatic carbocycles. The van der Waals surface area contributed by atoms with Crippen LogP contribution in [-0.2, 0) is 19.0 Å². The molecule has 3 unspecified atom stereocenters. The fraction of sp³-hybridized carbons (Fsp3) is 0.500. The maximum atomic E-state index is 12.4. The molecule has 0 bridgehead atoms. The second-order valence-corrected chi connectivity index (χ2v) is 6.11. The van der Waals surface area contributed by atoms with E-state index in [-0.39, 0.29) is 13.2 Å². The number of rotatable bonds is 6. The molecule has 1 N–H and O–H groups in total. The molecule has 0 amide bonds. The maximum absolute atomic E-state index is 12.4. The van der Waals surface area contributed by atoms with E-state index in [1.54, 1.807) is 12.1 Å². The molecular weight excluding hydrogens is 332 g/mol. The molecule has 5 nitrogen and oxygen atoms in total. The van der Waals surface area contributed by atoms with E-state index < -0.39 is 23.8 Å². The molecule has 0 spiro atoms. The second-order valence-electron chi connectivity index (χ2n) is 5.70. The van der Waals surface area contributed by atoms with Crippen molar-refractivity contribution in [2.45, 2.75) is 32.2 Å². The Hall–Kier alpha value is -1.40. The lowest BCUT2D eigenvalue weighted by Gasteiger charge is -2.43. The van der Waals surface area contributed by atoms with Crippen LogP contribution in [0.15, 0.2) is 36.4 Å². The first kappa shape index (κ1) is 18.9. The van der Waals surface area contributed by atoms with Gasteiger partial charge in [0.2, 0.25) is 0 Å². The van der Waals surface area contributed by atoms with E-state index in [1.807, 2.05) is 31.2 Å². The minimum Gasteiger partial charge on any atom is -0.468 e. The number of carbonyl (C=O) groups is 1. The van der Waals surface area contributed by atoms with Gasteiger partial charge in [0.25, 0.3) is 0 Å². The summed E-state index contributed by atoms with van der Waals surface area (Å²) < 4.78 is 16.6. The number of methoxy groups -OCH3 is 1. The Bertz CT molecular complexity index is 589. The number of hydrogen-bond donors (Lipinski definition) is 1. The van der Waals surface area contributed by atoms with Crippen LogP contribution in [0.3, 0.4) is 0 Å². The van der Waals surface area contributed by atoms with Gasteiger partial charge in [-0.25, -0.2) is 0 Å². The molecule has 0 saturated carbocycles. The van der Waals surface area contributed by atoms with Crippen LogP contribution < -0.4 is 0 Å². The monoisotopic (exact) mass is 354 g/mol. The predicted molar refractivity (Wildman–Crippen MR) is 90.6 cm³/mol. The zero-order valence-corrected chi connectivity index (χ0v) is 14.7. The second kappa shape index (κ2) is 8.62. The summed E-state index contributed by atoms with van der Waals surface area (Å²) in [5, 5.41) is 10.3. The third-order valence-electron chi connectivity index (χ3n) is 4.20. The molecule has 6 heteroatoms. The Morgan fingerprint density at radius 1 is 1.46 bits per heavy atom. The highest BCUT2D eigenvalue weighted by Crippen LogP contribution is 2.42. The average Bonchev–Trinajstić information content (AvgIpc) is 2.61. The summed E-state index contributed by atoms with van der Waals surface area (Å²) in [6.45, 7) is 1.76. The van der Waals surface area contributed by atoms with Crippen molar-refractivity contribution < 1.29 is 24.1 Å². The molecule has 24 heavy (non-hydrogen) atoms. The van der Waals surface area contributed by atoms with Crippen LogP contribution in [0.4, 0.5) is 0 Å². The number of ether oxygens (including phenoxy) is 3. The quantitative estimate of drug-likeness (QED) is 0.627. The van der Waals surface area contributed by atoms with Gasteiger partial charge < -0.3 is 19.3 Å². The molecule has 1 saturated heterocycles.